The topological polar surface area (TPSA) is 173 Å². The van der Waals surface area contributed by atoms with Gasteiger partial charge in [0, 0.05) is 23.7 Å². The van der Waals surface area contributed by atoms with Crippen LogP contribution in [0.15, 0.2) is 70.5 Å². The number of rotatable bonds is 6. The minimum Gasteiger partial charge on any atom is -0.303 e. The second-order valence-electron chi connectivity index (χ2n) is 9.66. The molecule has 0 aliphatic rings. The number of nitriles is 1. The average molecular weight is 558 g/mol. The highest BCUT2D eigenvalue weighted by Gasteiger charge is 2.23. The van der Waals surface area contributed by atoms with Crippen LogP contribution in [0, 0.1) is 18.3 Å². The molecular formula is C27H23N6O6P. The molecule has 0 saturated heterocycles. The van der Waals surface area contributed by atoms with Crippen LogP contribution in [-0.2, 0) is 21.2 Å². The van der Waals surface area contributed by atoms with Crippen molar-refractivity contribution in [3.05, 3.63) is 93.0 Å². The summed E-state index contributed by atoms with van der Waals surface area (Å²) in [6, 6.07) is 16.0. The van der Waals surface area contributed by atoms with E-state index in [0.717, 1.165) is 5.69 Å². The number of benzene rings is 1. The van der Waals surface area contributed by atoms with Gasteiger partial charge in [-0.1, -0.05) is 12.1 Å². The summed E-state index contributed by atoms with van der Waals surface area (Å²) in [6.45, 7) is 4.39. The minimum absolute atomic E-state index is 0.0190. The summed E-state index contributed by atoms with van der Waals surface area (Å²) in [7, 11) is -5.00. The van der Waals surface area contributed by atoms with Crippen LogP contribution >= 0.6 is 7.82 Å². The molecule has 0 unspecified atom stereocenters. The number of hydrogen-bond donors (Lipinski definition) is 2. The molecule has 0 bridgehead atoms. The molecule has 1 aromatic carbocycles. The van der Waals surface area contributed by atoms with Crippen LogP contribution < -0.4 is 11.2 Å². The van der Waals surface area contributed by atoms with Gasteiger partial charge in [-0.2, -0.15) is 5.26 Å². The van der Waals surface area contributed by atoms with Gasteiger partial charge in [0.25, 0.3) is 5.56 Å². The van der Waals surface area contributed by atoms with E-state index in [-0.39, 0.29) is 16.4 Å². The van der Waals surface area contributed by atoms with Crippen molar-refractivity contribution in [2.75, 3.05) is 0 Å². The van der Waals surface area contributed by atoms with Gasteiger partial charge in [-0.25, -0.2) is 18.9 Å². The number of fused-ring (bicyclic) bond motifs is 3. The fourth-order valence-electron chi connectivity index (χ4n) is 4.24. The minimum atomic E-state index is -5.00. The van der Waals surface area contributed by atoms with Crippen LogP contribution in [0.2, 0.25) is 0 Å². The van der Waals surface area contributed by atoms with E-state index >= 15 is 0 Å². The molecule has 0 spiro atoms. The molecule has 202 valence electrons. The molecule has 0 aliphatic carbocycles. The molecule has 4 aromatic heterocycles. The molecule has 5 rings (SSSR count). The number of nitrogens with zero attached hydrogens (tertiary/aromatic N) is 6. The highest BCUT2D eigenvalue weighted by molar-refractivity contribution is 7.46. The van der Waals surface area contributed by atoms with E-state index < -0.39 is 31.2 Å². The quantitative estimate of drug-likeness (QED) is 0.232. The first-order valence-electron chi connectivity index (χ1n) is 12.0. The molecule has 2 N–H and O–H groups in total. The highest BCUT2D eigenvalue weighted by atomic mass is 31.2. The standard InChI is InChI=1S/C27H23N6O6P/c1-16-4-5-17(12-29-16)21-10-11-22-23(31-21)24-20(13-30-22)25(34)32(15-39-40(36,37)38)26(35)33(24)19-8-6-18(7-9-19)27(2,3)14-28/h4-13H,15H2,1-3H3,(H2,36,37,38). The molecule has 0 aliphatic heterocycles. The van der Waals surface area contributed by atoms with Crippen LogP contribution in [0.1, 0.15) is 25.1 Å². The van der Waals surface area contributed by atoms with E-state index in [0.29, 0.717) is 32.6 Å². The summed E-state index contributed by atoms with van der Waals surface area (Å²) in [6.07, 6.45) is 2.95. The predicted octanol–water partition coefficient (Wildman–Crippen LogP) is 3.33. The lowest BCUT2D eigenvalue weighted by Crippen LogP contribution is -2.40. The zero-order valence-electron chi connectivity index (χ0n) is 21.6. The van der Waals surface area contributed by atoms with Gasteiger partial charge in [0.05, 0.1) is 39.3 Å². The Labute approximate surface area is 227 Å². The largest absolute Gasteiger partial charge is 0.471 e. The summed E-state index contributed by atoms with van der Waals surface area (Å²) < 4.78 is 17.7. The van der Waals surface area contributed by atoms with E-state index in [2.05, 4.69) is 20.6 Å². The number of hydrogen-bond acceptors (Lipinski definition) is 8. The fourth-order valence-corrected chi connectivity index (χ4v) is 4.51. The molecule has 0 amide bonds. The van der Waals surface area contributed by atoms with Crippen LogP contribution in [0.25, 0.3) is 38.9 Å². The average Bonchev–Trinajstić information content (AvgIpc) is 2.92. The van der Waals surface area contributed by atoms with Crippen molar-refractivity contribution < 1.29 is 18.9 Å². The monoisotopic (exact) mass is 558 g/mol. The third-order valence-electron chi connectivity index (χ3n) is 6.50. The van der Waals surface area contributed by atoms with Gasteiger partial charge < -0.3 is 9.79 Å². The van der Waals surface area contributed by atoms with Crippen LogP contribution in [0.5, 0.6) is 0 Å². The summed E-state index contributed by atoms with van der Waals surface area (Å²) in [5.74, 6) is 0. The van der Waals surface area contributed by atoms with E-state index in [9.17, 15) is 29.2 Å². The highest BCUT2D eigenvalue weighted by Crippen LogP contribution is 2.36. The number of phosphoric acid groups is 1. The van der Waals surface area contributed by atoms with E-state index in [4.69, 9.17) is 4.98 Å². The molecule has 40 heavy (non-hydrogen) atoms. The molecule has 0 saturated carbocycles. The van der Waals surface area contributed by atoms with Gasteiger partial charge in [-0.15, -0.1) is 0 Å². The van der Waals surface area contributed by atoms with Crippen LogP contribution in [0.4, 0.5) is 0 Å². The van der Waals surface area contributed by atoms with Crippen molar-refractivity contribution in [1.82, 2.24) is 24.1 Å². The lowest BCUT2D eigenvalue weighted by molar-refractivity contribution is 0.148. The van der Waals surface area contributed by atoms with Gasteiger partial charge >= 0.3 is 13.5 Å². The second kappa shape index (κ2) is 9.89. The molecule has 13 heteroatoms. The second-order valence-corrected chi connectivity index (χ2v) is 10.9. The SMILES string of the molecule is Cc1ccc(-c2ccc3ncc4c(=O)n(COP(=O)(O)O)c(=O)n(-c5ccc(C(C)(C)C#N)cc5)c4c3n2)cn1. The Kier molecular flexibility index (Phi) is 6.69. The number of aromatic nitrogens is 5. The van der Waals surface area contributed by atoms with Gasteiger partial charge in [0.15, 0.2) is 0 Å². The van der Waals surface area contributed by atoms with Crippen molar-refractivity contribution in [2.24, 2.45) is 0 Å². The number of aryl methyl sites for hydroxylation is 1. The first-order valence-corrected chi connectivity index (χ1v) is 13.5. The normalized spacial score (nSPS) is 12.1. The van der Waals surface area contributed by atoms with Crippen molar-refractivity contribution in [2.45, 2.75) is 32.9 Å². The molecular weight excluding hydrogens is 535 g/mol. The Bertz CT molecular complexity index is 1990. The van der Waals surface area contributed by atoms with Crippen LogP contribution in [0.3, 0.4) is 0 Å². The predicted molar refractivity (Wildman–Crippen MR) is 147 cm³/mol. The van der Waals surface area contributed by atoms with E-state index in [1.54, 1.807) is 56.4 Å². The molecule has 0 fully saturated rings. The Morgan fingerprint density at radius 3 is 2.38 bits per heavy atom. The molecule has 0 atom stereocenters. The van der Waals surface area contributed by atoms with Crippen molar-refractivity contribution >= 4 is 29.8 Å². The maximum Gasteiger partial charge on any atom is 0.471 e. The van der Waals surface area contributed by atoms with Crippen molar-refractivity contribution in [3.63, 3.8) is 0 Å². The summed E-state index contributed by atoms with van der Waals surface area (Å²) in [5.41, 5.74) is 1.37. The molecule has 5 aromatic rings. The number of phosphoric ester groups is 1. The Morgan fingerprint density at radius 1 is 1.02 bits per heavy atom. The first-order chi connectivity index (χ1) is 18.9. The summed E-state index contributed by atoms with van der Waals surface area (Å²) in [5, 5.41) is 9.50. The lowest BCUT2D eigenvalue weighted by atomic mass is 9.86. The molecule has 4 heterocycles. The van der Waals surface area contributed by atoms with Gasteiger partial charge in [-0.3, -0.25) is 23.9 Å². The zero-order chi connectivity index (χ0) is 28.8. The van der Waals surface area contributed by atoms with E-state index in [1.807, 2.05) is 19.1 Å². The van der Waals surface area contributed by atoms with Gasteiger partial charge in [0.2, 0.25) is 0 Å². The molecule has 0 radical (unpaired) electrons. The summed E-state index contributed by atoms with van der Waals surface area (Å²) >= 11 is 0. The zero-order valence-corrected chi connectivity index (χ0v) is 22.5. The Balaban J connectivity index is 1.85. The summed E-state index contributed by atoms with van der Waals surface area (Å²) in [4.78, 5) is 59.0. The Morgan fingerprint density at radius 2 is 1.75 bits per heavy atom. The maximum absolute atomic E-state index is 13.8. The molecule has 12 nitrogen and oxygen atoms in total. The number of pyridine rings is 3. The smallest absolute Gasteiger partial charge is 0.303 e. The fraction of sp³-hybridized carbons (Fsp3) is 0.185. The first kappa shape index (κ1) is 27.1. The van der Waals surface area contributed by atoms with Gasteiger partial charge in [0.1, 0.15) is 12.2 Å². The third-order valence-corrected chi connectivity index (χ3v) is 6.95. The maximum atomic E-state index is 13.8. The Hall–Kier alpha value is -4.53. The van der Waals surface area contributed by atoms with Crippen LogP contribution in [-0.4, -0.2) is 33.9 Å². The van der Waals surface area contributed by atoms with Gasteiger partial charge in [-0.05, 0) is 62.7 Å². The van der Waals surface area contributed by atoms with E-state index in [1.165, 1.54) is 10.8 Å². The lowest BCUT2D eigenvalue weighted by Gasteiger charge is -2.18. The van der Waals surface area contributed by atoms with Crippen molar-refractivity contribution in [3.8, 4) is 23.0 Å². The third kappa shape index (κ3) is 4.95. The van der Waals surface area contributed by atoms with Crippen molar-refractivity contribution in [1.29, 1.82) is 5.26 Å².